The summed E-state index contributed by atoms with van der Waals surface area (Å²) in [6.45, 7) is 14.1. The third-order valence-electron chi connectivity index (χ3n) is 8.95. The molecule has 6 heteroatoms. The zero-order chi connectivity index (χ0) is 32.4. The number of fused-ring (bicyclic) bond motifs is 4. The maximum atomic E-state index is 9.68. The molecule has 0 fully saturated rings. The Balaban J connectivity index is 1.37. The fourth-order valence-corrected chi connectivity index (χ4v) is 6.36. The minimum absolute atomic E-state index is 0.0286. The summed E-state index contributed by atoms with van der Waals surface area (Å²) >= 11 is 0. The van der Waals surface area contributed by atoms with Crippen molar-refractivity contribution in [3.05, 3.63) is 114 Å². The second kappa shape index (κ2) is 10.7. The Bertz CT molecular complexity index is 2170. The van der Waals surface area contributed by atoms with Crippen LogP contribution in [0.1, 0.15) is 58.2 Å². The van der Waals surface area contributed by atoms with E-state index in [9.17, 15) is 5.26 Å². The Kier molecular flexibility index (Phi) is 6.82. The van der Waals surface area contributed by atoms with Crippen LogP contribution in [-0.4, -0.2) is 23.3 Å². The molecule has 7 rings (SSSR count). The van der Waals surface area contributed by atoms with Gasteiger partial charge >= 0.3 is 0 Å². The molecule has 1 aliphatic rings. The van der Waals surface area contributed by atoms with Gasteiger partial charge in [-0.2, -0.15) is 5.26 Å². The Labute approximate surface area is 271 Å². The smallest absolute Gasteiger partial charge is 0.137 e. The van der Waals surface area contributed by atoms with Crippen molar-refractivity contribution in [1.82, 2.24) is 9.55 Å². The molecule has 0 saturated heterocycles. The first-order valence-electron chi connectivity index (χ1n) is 15.8. The molecule has 0 saturated carbocycles. The highest BCUT2D eigenvalue weighted by Gasteiger charge is 2.26. The van der Waals surface area contributed by atoms with Gasteiger partial charge in [-0.3, -0.25) is 4.57 Å². The van der Waals surface area contributed by atoms with E-state index in [2.05, 4.69) is 136 Å². The monoisotopic (exact) mass is 605 g/mol. The van der Waals surface area contributed by atoms with Crippen molar-refractivity contribution in [3.63, 3.8) is 0 Å². The summed E-state index contributed by atoms with van der Waals surface area (Å²) in [6, 6.07) is 33.7. The molecule has 1 aliphatic heterocycles. The van der Waals surface area contributed by atoms with Gasteiger partial charge in [-0.25, -0.2) is 4.98 Å². The van der Waals surface area contributed by atoms with Gasteiger partial charge in [-0.05, 0) is 88.7 Å². The van der Waals surface area contributed by atoms with Crippen molar-refractivity contribution in [2.45, 2.75) is 52.4 Å². The first-order chi connectivity index (χ1) is 21.9. The molecule has 0 aliphatic carbocycles. The Morgan fingerprint density at radius 2 is 1.48 bits per heavy atom. The first kappa shape index (κ1) is 29.4. The average Bonchev–Trinajstić information content (AvgIpc) is 3.54. The zero-order valence-electron chi connectivity index (χ0n) is 27.6. The molecule has 2 aromatic heterocycles. The molecule has 0 unspecified atom stereocenters. The Morgan fingerprint density at radius 1 is 0.717 bits per heavy atom. The van der Waals surface area contributed by atoms with Gasteiger partial charge in [0.15, 0.2) is 0 Å². The number of rotatable bonds is 4. The van der Waals surface area contributed by atoms with Crippen LogP contribution in [0.2, 0.25) is 0 Å². The van der Waals surface area contributed by atoms with Crippen molar-refractivity contribution in [3.8, 4) is 23.4 Å². The molecular formula is C40H39N5O. The molecule has 46 heavy (non-hydrogen) atoms. The summed E-state index contributed by atoms with van der Waals surface area (Å²) in [7, 11) is 2.13. The van der Waals surface area contributed by atoms with Gasteiger partial charge < -0.3 is 14.5 Å². The van der Waals surface area contributed by atoms with E-state index in [-0.39, 0.29) is 10.8 Å². The summed E-state index contributed by atoms with van der Waals surface area (Å²) in [5, 5.41) is 11.7. The number of pyridine rings is 1. The molecule has 3 heterocycles. The van der Waals surface area contributed by atoms with Crippen molar-refractivity contribution >= 4 is 38.9 Å². The minimum Gasteiger partial charge on any atom is -0.457 e. The van der Waals surface area contributed by atoms with Crippen LogP contribution in [0.5, 0.6) is 11.5 Å². The van der Waals surface area contributed by atoms with Crippen molar-refractivity contribution < 1.29 is 4.74 Å². The van der Waals surface area contributed by atoms with E-state index in [1.54, 1.807) is 0 Å². The normalized spacial score (nSPS) is 13.3. The van der Waals surface area contributed by atoms with Crippen LogP contribution >= 0.6 is 0 Å². The van der Waals surface area contributed by atoms with Crippen molar-refractivity contribution in [2.24, 2.45) is 0 Å². The van der Waals surface area contributed by atoms with Gasteiger partial charge in [-0.1, -0.05) is 53.7 Å². The highest BCUT2D eigenvalue weighted by molar-refractivity contribution is 6.10. The number of hydrogen-bond donors (Lipinski definition) is 0. The van der Waals surface area contributed by atoms with E-state index < -0.39 is 0 Å². The third-order valence-corrected chi connectivity index (χ3v) is 8.95. The molecular weight excluding hydrogens is 566 g/mol. The predicted molar refractivity (Wildman–Crippen MR) is 189 cm³/mol. The summed E-state index contributed by atoms with van der Waals surface area (Å²) in [4.78, 5) is 9.44. The van der Waals surface area contributed by atoms with Gasteiger partial charge in [0.05, 0.1) is 40.7 Å². The highest BCUT2D eigenvalue weighted by Crippen LogP contribution is 2.43. The molecule has 6 nitrogen and oxygen atoms in total. The SMILES string of the molecule is CN1CN(c2cc(Oc3ccc4c5cc(C#N)ccc5n(-c5cc(C(C)(C)C)ccn5)c4c3)cc(C(C)(C)C)c2)c2ccccc21. The molecule has 230 valence electrons. The summed E-state index contributed by atoms with van der Waals surface area (Å²) in [5.74, 6) is 2.36. The zero-order valence-corrected chi connectivity index (χ0v) is 27.6. The van der Waals surface area contributed by atoms with Crippen molar-refractivity contribution in [2.75, 3.05) is 23.5 Å². The maximum absolute atomic E-state index is 9.68. The molecule has 0 atom stereocenters. The minimum atomic E-state index is -0.0716. The van der Waals surface area contributed by atoms with Gasteiger partial charge in [0, 0.05) is 41.8 Å². The molecule has 0 amide bonds. The number of aromatic nitrogens is 2. The standard InChI is InChI=1S/C40H39N5O/c1-39(2,3)27-16-17-42-38(21-27)45-34-15-12-26(24-41)18-33(34)32-14-13-30(23-37(32)45)46-31-20-28(40(4,5)6)19-29(22-31)44-25-43(7)35-10-8-9-11-36(35)44/h8-23H,25H2,1-7H3. The first-order valence-corrected chi connectivity index (χ1v) is 15.8. The number of anilines is 3. The molecule has 6 aromatic rings. The number of nitrogens with zero attached hydrogens (tertiary/aromatic N) is 5. The lowest BCUT2D eigenvalue weighted by Gasteiger charge is -2.25. The molecule has 4 aromatic carbocycles. The molecule has 0 radical (unpaired) electrons. The van der Waals surface area contributed by atoms with Crippen LogP contribution < -0.4 is 14.5 Å². The third kappa shape index (κ3) is 5.12. The van der Waals surface area contributed by atoms with Crippen LogP contribution in [0.4, 0.5) is 17.1 Å². The molecule has 0 N–H and O–H groups in total. The van der Waals surface area contributed by atoms with E-state index in [0.717, 1.165) is 51.5 Å². The summed E-state index contributed by atoms with van der Waals surface area (Å²) in [5.41, 5.74) is 8.41. The van der Waals surface area contributed by atoms with Crippen LogP contribution in [-0.2, 0) is 10.8 Å². The lowest BCUT2D eigenvalue weighted by atomic mass is 9.86. The quantitative estimate of drug-likeness (QED) is 0.200. The van der Waals surface area contributed by atoms with E-state index in [1.807, 2.05) is 30.5 Å². The number of nitriles is 1. The maximum Gasteiger partial charge on any atom is 0.137 e. The van der Waals surface area contributed by atoms with E-state index in [0.29, 0.717) is 5.56 Å². The second-order valence-electron chi connectivity index (χ2n) is 14.3. The Hall–Kier alpha value is -5.28. The van der Waals surface area contributed by atoms with Gasteiger partial charge in [-0.15, -0.1) is 0 Å². The van der Waals surface area contributed by atoms with E-state index >= 15 is 0 Å². The van der Waals surface area contributed by atoms with Crippen molar-refractivity contribution in [1.29, 1.82) is 5.26 Å². The average molecular weight is 606 g/mol. The topological polar surface area (TPSA) is 57.3 Å². The summed E-state index contributed by atoms with van der Waals surface area (Å²) < 4.78 is 8.90. The summed E-state index contributed by atoms with van der Waals surface area (Å²) in [6.07, 6.45) is 1.88. The fraction of sp³-hybridized carbons (Fsp3) is 0.250. The second-order valence-corrected chi connectivity index (χ2v) is 14.3. The van der Waals surface area contributed by atoms with E-state index in [1.165, 1.54) is 22.5 Å². The van der Waals surface area contributed by atoms with Gasteiger partial charge in [0.25, 0.3) is 0 Å². The number of ether oxygens (including phenoxy) is 1. The highest BCUT2D eigenvalue weighted by atomic mass is 16.5. The Morgan fingerprint density at radius 3 is 2.22 bits per heavy atom. The van der Waals surface area contributed by atoms with Gasteiger partial charge in [0.2, 0.25) is 0 Å². The van der Waals surface area contributed by atoms with Crippen LogP contribution in [0.15, 0.2) is 97.2 Å². The van der Waals surface area contributed by atoms with Crippen LogP contribution in [0.25, 0.3) is 27.6 Å². The lowest BCUT2D eigenvalue weighted by molar-refractivity contribution is 0.479. The number of hydrogen-bond acceptors (Lipinski definition) is 5. The van der Waals surface area contributed by atoms with E-state index in [4.69, 9.17) is 9.72 Å². The largest absolute Gasteiger partial charge is 0.457 e. The predicted octanol–water partition coefficient (Wildman–Crippen LogP) is 9.98. The number of para-hydroxylation sites is 2. The number of benzene rings is 4. The lowest BCUT2D eigenvalue weighted by Crippen LogP contribution is -2.24. The van der Waals surface area contributed by atoms with Crippen LogP contribution in [0.3, 0.4) is 0 Å². The van der Waals surface area contributed by atoms with Crippen LogP contribution in [0, 0.1) is 11.3 Å². The molecule has 0 spiro atoms. The fourth-order valence-electron chi connectivity index (χ4n) is 6.36. The van der Waals surface area contributed by atoms with Gasteiger partial charge in [0.1, 0.15) is 17.3 Å². The molecule has 0 bridgehead atoms.